The number of halogens is 2. The highest BCUT2D eigenvalue weighted by atomic mass is 35.5. The number of nitrogens with one attached hydrogen (secondary N) is 1. The monoisotopic (exact) mass is 300 g/mol. The normalized spacial score (nSPS) is 15.2. The summed E-state index contributed by atoms with van der Waals surface area (Å²) in [6.07, 6.45) is 2.89. The summed E-state index contributed by atoms with van der Waals surface area (Å²) in [5.74, 6) is 5.84. The molecule has 114 valence electrons. The van der Waals surface area contributed by atoms with Gasteiger partial charge in [-0.15, -0.1) is 0 Å². The second-order valence-corrected chi connectivity index (χ2v) is 7.33. The van der Waals surface area contributed by atoms with Crippen molar-refractivity contribution in [3.8, 4) is 0 Å². The molecule has 0 aliphatic rings. The zero-order valence-electron chi connectivity index (χ0n) is 12.8. The topological polar surface area (TPSA) is 38.0 Å². The van der Waals surface area contributed by atoms with Gasteiger partial charge in [-0.3, -0.25) is 11.3 Å². The molecule has 4 heteroatoms. The Balaban J connectivity index is 2.60. The smallest absolute Gasteiger partial charge is 0.141 e. The van der Waals surface area contributed by atoms with Crippen molar-refractivity contribution in [2.45, 2.75) is 53.0 Å². The summed E-state index contributed by atoms with van der Waals surface area (Å²) in [7, 11) is 0. The van der Waals surface area contributed by atoms with Crippen molar-refractivity contribution in [2.24, 2.45) is 17.2 Å². The lowest BCUT2D eigenvalue weighted by atomic mass is 9.82. The van der Waals surface area contributed by atoms with Crippen molar-refractivity contribution in [3.63, 3.8) is 0 Å². The standard InChI is InChI=1S/C16H26ClFN2/c1-11(10-16(2,3)4)7-13(20-19)8-12-5-6-15(18)14(17)9-12/h5-6,9,11,13,20H,7-8,10,19H2,1-4H3. The van der Waals surface area contributed by atoms with Gasteiger partial charge in [0.1, 0.15) is 5.82 Å². The first kappa shape index (κ1) is 17.4. The molecule has 0 aromatic heterocycles. The van der Waals surface area contributed by atoms with Gasteiger partial charge in [0, 0.05) is 6.04 Å². The Hall–Kier alpha value is -0.640. The van der Waals surface area contributed by atoms with Gasteiger partial charge in [-0.25, -0.2) is 4.39 Å². The minimum Gasteiger partial charge on any atom is -0.271 e. The first-order valence-corrected chi connectivity index (χ1v) is 7.49. The van der Waals surface area contributed by atoms with Crippen molar-refractivity contribution in [1.82, 2.24) is 5.43 Å². The molecule has 0 amide bonds. The molecule has 0 fully saturated rings. The second kappa shape index (κ2) is 7.39. The third-order valence-electron chi connectivity index (χ3n) is 3.35. The molecule has 2 unspecified atom stereocenters. The van der Waals surface area contributed by atoms with E-state index in [1.807, 2.05) is 0 Å². The lowest BCUT2D eigenvalue weighted by Crippen LogP contribution is -2.38. The van der Waals surface area contributed by atoms with Crippen LogP contribution in [-0.4, -0.2) is 6.04 Å². The predicted octanol–water partition coefficient (Wildman–Crippen LogP) is 4.32. The van der Waals surface area contributed by atoms with Gasteiger partial charge in [0.2, 0.25) is 0 Å². The number of hydrogen-bond acceptors (Lipinski definition) is 2. The molecule has 0 heterocycles. The average molecular weight is 301 g/mol. The summed E-state index contributed by atoms with van der Waals surface area (Å²) in [5.41, 5.74) is 4.18. The average Bonchev–Trinajstić information content (AvgIpc) is 2.30. The molecule has 3 N–H and O–H groups in total. The SMILES string of the molecule is CC(CC(Cc1ccc(F)c(Cl)c1)NN)CC(C)(C)C. The Labute approximate surface area is 126 Å². The van der Waals surface area contributed by atoms with Crippen LogP contribution in [0.3, 0.4) is 0 Å². The van der Waals surface area contributed by atoms with Gasteiger partial charge in [-0.1, -0.05) is 45.4 Å². The highest BCUT2D eigenvalue weighted by Crippen LogP contribution is 2.27. The number of rotatable bonds is 6. The Morgan fingerprint density at radius 3 is 2.50 bits per heavy atom. The Morgan fingerprint density at radius 1 is 1.35 bits per heavy atom. The lowest BCUT2D eigenvalue weighted by Gasteiger charge is -2.26. The largest absolute Gasteiger partial charge is 0.271 e. The quantitative estimate of drug-likeness (QED) is 0.606. The highest BCUT2D eigenvalue weighted by molar-refractivity contribution is 6.30. The van der Waals surface area contributed by atoms with E-state index in [9.17, 15) is 4.39 Å². The maximum absolute atomic E-state index is 13.1. The van der Waals surface area contributed by atoms with Crippen LogP contribution in [0.15, 0.2) is 18.2 Å². The zero-order chi connectivity index (χ0) is 15.3. The van der Waals surface area contributed by atoms with E-state index in [1.54, 1.807) is 12.1 Å². The van der Waals surface area contributed by atoms with E-state index in [1.165, 1.54) is 6.07 Å². The number of benzene rings is 1. The fourth-order valence-corrected chi connectivity index (χ4v) is 2.98. The maximum Gasteiger partial charge on any atom is 0.141 e. The van der Waals surface area contributed by atoms with Crippen molar-refractivity contribution in [2.75, 3.05) is 0 Å². The summed E-state index contributed by atoms with van der Waals surface area (Å²) in [5, 5.41) is 0.168. The summed E-state index contributed by atoms with van der Waals surface area (Å²) in [4.78, 5) is 0. The van der Waals surface area contributed by atoms with Gasteiger partial charge < -0.3 is 0 Å². The summed E-state index contributed by atoms with van der Waals surface area (Å²) < 4.78 is 13.1. The van der Waals surface area contributed by atoms with E-state index in [0.717, 1.165) is 24.8 Å². The van der Waals surface area contributed by atoms with E-state index in [2.05, 4.69) is 33.1 Å². The van der Waals surface area contributed by atoms with Gasteiger partial charge in [0.05, 0.1) is 5.02 Å². The molecule has 0 radical (unpaired) electrons. The molecular weight excluding hydrogens is 275 g/mol. The predicted molar refractivity (Wildman–Crippen MR) is 84.1 cm³/mol. The van der Waals surface area contributed by atoms with Crippen molar-refractivity contribution in [3.05, 3.63) is 34.6 Å². The Kier molecular flexibility index (Phi) is 6.44. The fourth-order valence-electron chi connectivity index (χ4n) is 2.78. The molecule has 1 aromatic rings. The van der Waals surface area contributed by atoms with Crippen LogP contribution in [0, 0.1) is 17.2 Å². The molecule has 0 aliphatic heterocycles. The number of nitrogens with two attached hydrogens (primary N) is 1. The van der Waals surface area contributed by atoms with Gasteiger partial charge in [-0.05, 0) is 48.3 Å². The fraction of sp³-hybridized carbons (Fsp3) is 0.625. The van der Waals surface area contributed by atoms with Crippen LogP contribution in [0.4, 0.5) is 4.39 Å². The van der Waals surface area contributed by atoms with Crippen LogP contribution < -0.4 is 11.3 Å². The summed E-state index contributed by atoms with van der Waals surface area (Å²) in [6, 6.07) is 5.02. The summed E-state index contributed by atoms with van der Waals surface area (Å²) >= 11 is 5.81. The van der Waals surface area contributed by atoms with Crippen molar-refractivity contribution >= 4 is 11.6 Å². The number of hydrogen-bond donors (Lipinski definition) is 2. The van der Waals surface area contributed by atoms with E-state index in [4.69, 9.17) is 17.4 Å². The van der Waals surface area contributed by atoms with Gasteiger partial charge in [0.15, 0.2) is 0 Å². The number of hydrazine groups is 1. The third-order valence-corrected chi connectivity index (χ3v) is 3.64. The van der Waals surface area contributed by atoms with Crippen LogP contribution >= 0.6 is 11.6 Å². The van der Waals surface area contributed by atoms with Crippen LogP contribution in [0.1, 0.15) is 46.1 Å². The third kappa shape index (κ3) is 6.21. The van der Waals surface area contributed by atoms with E-state index >= 15 is 0 Å². The second-order valence-electron chi connectivity index (χ2n) is 6.92. The zero-order valence-corrected chi connectivity index (χ0v) is 13.6. The van der Waals surface area contributed by atoms with Crippen LogP contribution in [-0.2, 0) is 6.42 Å². The van der Waals surface area contributed by atoms with Gasteiger partial charge >= 0.3 is 0 Å². The molecule has 0 saturated heterocycles. The molecular formula is C16H26ClFN2. The van der Waals surface area contributed by atoms with Crippen molar-refractivity contribution < 1.29 is 4.39 Å². The van der Waals surface area contributed by atoms with Gasteiger partial charge in [0.25, 0.3) is 0 Å². The summed E-state index contributed by atoms with van der Waals surface area (Å²) in [6.45, 7) is 8.98. The molecule has 2 atom stereocenters. The first-order chi connectivity index (χ1) is 9.21. The van der Waals surface area contributed by atoms with E-state index in [0.29, 0.717) is 11.3 Å². The highest BCUT2D eigenvalue weighted by Gasteiger charge is 2.19. The van der Waals surface area contributed by atoms with Crippen LogP contribution in [0.2, 0.25) is 5.02 Å². The lowest BCUT2D eigenvalue weighted by molar-refractivity contribution is 0.274. The molecule has 20 heavy (non-hydrogen) atoms. The molecule has 0 saturated carbocycles. The van der Waals surface area contributed by atoms with Crippen LogP contribution in [0.5, 0.6) is 0 Å². The van der Waals surface area contributed by atoms with E-state index < -0.39 is 0 Å². The maximum atomic E-state index is 13.1. The van der Waals surface area contributed by atoms with Crippen LogP contribution in [0.25, 0.3) is 0 Å². The Morgan fingerprint density at radius 2 is 2.00 bits per heavy atom. The molecule has 0 bridgehead atoms. The molecule has 2 nitrogen and oxygen atoms in total. The Bertz CT molecular complexity index is 429. The minimum absolute atomic E-state index is 0.168. The van der Waals surface area contributed by atoms with Gasteiger partial charge in [-0.2, -0.15) is 0 Å². The molecule has 1 rings (SSSR count). The first-order valence-electron chi connectivity index (χ1n) is 7.11. The minimum atomic E-state index is -0.381. The molecule has 0 aliphatic carbocycles. The molecule has 0 spiro atoms. The van der Waals surface area contributed by atoms with E-state index in [-0.39, 0.29) is 16.9 Å². The van der Waals surface area contributed by atoms with Crippen molar-refractivity contribution in [1.29, 1.82) is 0 Å². The molecule has 1 aromatic carbocycles.